The van der Waals surface area contributed by atoms with Crippen LogP contribution in [-0.4, -0.2) is 24.5 Å². The predicted octanol–water partition coefficient (Wildman–Crippen LogP) is 8.27. The Labute approximate surface area is 229 Å². The van der Waals surface area contributed by atoms with E-state index in [0.29, 0.717) is 13.2 Å². The molecule has 0 radical (unpaired) electrons. The first-order valence-corrected chi connectivity index (χ1v) is 13.9. The van der Waals surface area contributed by atoms with E-state index >= 15 is 0 Å². The second-order valence-corrected chi connectivity index (χ2v) is 10.1. The van der Waals surface area contributed by atoms with E-state index < -0.39 is 0 Å². The van der Waals surface area contributed by atoms with Crippen LogP contribution in [0.4, 0.5) is 0 Å². The van der Waals surface area contributed by atoms with E-state index in [1.54, 1.807) is 0 Å². The fraction of sp³-hybridized carbons (Fsp3) is 0.314. The van der Waals surface area contributed by atoms with Gasteiger partial charge < -0.3 is 14.4 Å². The van der Waals surface area contributed by atoms with Crippen molar-refractivity contribution in [3.63, 3.8) is 0 Å². The normalized spacial score (nSPS) is 11.5. The molecular formula is C35H41NO2. The monoisotopic (exact) mass is 507 g/mol. The van der Waals surface area contributed by atoms with Crippen molar-refractivity contribution in [2.24, 2.45) is 0 Å². The van der Waals surface area contributed by atoms with Gasteiger partial charge in [-0.3, -0.25) is 0 Å². The first kappa shape index (κ1) is 27.5. The van der Waals surface area contributed by atoms with E-state index in [2.05, 4.69) is 98.5 Å². The zero-order valence-corrected chi connectivity index (χ0v) is 23.1. The summed E-state index contributed by atoms with van der Waals surface area (Å²) in [6.45, 7) is 11.3. The molecule has 0 heterocycles. The molecule has 4 rings (SSSR count). The SMILES string of the molecule is CCN(CC)CCCC(C)(c1ccc(OCc2ccccc2)cc1)c1ccc(OCc2ccccc2)cc1. The van der Waals surface area contributed by atoms with Gasteiger partial charge in [-0.05, 0) is 79.0 Å². The predicted molar refractivity (Wildman–Crippen MR) is 158 cm³/mol. The van der Waals surface area contributed by atoms with Gasteiger partial charge >= 0.3 is 0 Å². The minimum absolute atomic E-state index is 0.108. The highest BCUT2D eigenvalue weighted by Gasteiger charge is 2.29. The van der Waals surface area contributed by atoms with Gasteiger partial charge in [-0.25, -0.2) is 0 Å². The lowest BCUT2D eigenvalue weighted by molar-refractivity contribution is 0.286. The zero-order valence-electron chi connectivity index (χ0n) is 23.1. The highest BCUT2D eigenvalue weighted by Crippen LogP contribution is 2.38. The minimum atomic E-state index is -0.108. The maximum Gasteiger partial charge on any atom is 0.119 e. The maximum atomic E-state index is 6.06. The molecule has 0 N–H and O–H groups in total. The summed E-state index contributed by atoms with van der Waals surface area (Å²) < 4.78 is 12.1. The lowest BCUT2D eigenvalue weighted by atomic mass is 9.73. The summed E-state index contributed by atoms with van der Waals surface area (Å²) in [5.41, 5.74) is 4.85. The maximum absolute atomic E-state index is 6.06. The van der Waals surface area contributed by atoms with Gasteiger partial charge in [-0.1, -0.05) is 106 Å². The van der Waals surface area contributed by atoms with Crippen LogP contribution >= 0.6 is 0 Å². The molecule has 3 nitrogen and oxygen atoms in total. The second-order valence-electron chi connectivity index (χ2n) is 10.1. The summed E-state index contributed by atoms with van der Waals surface area (Å²) in [6.07, 6.45) is 2.20. The second kappa shape index (κ2) is 13.8. The summed E-state index contributed by atoms with van der Waals surface area (Å²) in [6, 6.07) is 38.0. The molecule has 0 amide bonds. The molecule has 0 aliphatic heterocycles. The zero-order chi connectivity index (χ0) is 26.6. The standard InChI is InChI=1S/C35H41NO2/c1-4-36(5-2)26-12-25-35(3,31-17-21-33(22-18-31)37-27-29-13-8-6-9-14-29)32-19-23-34(24-20-32)38-28-30-15-10-7-11-16-30/h6-11,13-24H,4-5,12,25-28H2,1-3H3. The number of benzene rings is 4. The highest BCUT2D eigenvalue weighted by atomic mass is 16.5. The molecule has 0 aromatic heterocycles. The van der Waals surface area contributed by atoms with Gasteiger partial charge in [-0.15, -0.1) is 0 Å². The molecule has 0 bridgehead atoms. The number of rotatable bonds is 14. The van der Waals surface area contributed by atoms with E-state index in [1.807, 2.05) is 36.4 Å². The van der Waals surface area contributed by atoms with Crippen LogP contribution in [0.1, 0.15) is 55.9 Å². The van der Waals surface area contributed by atoms with Gasteiger partial charge in [0, 0.05) is 5.41 Å². The molecule has 4 aromatic rings. The number of nitrogens with zero attached hydrogens (tertiary/aromatic N) is 1. The summed E-state index contributed by atoms with van der Waals surface area (Å²) >= 11 is 0. The fourth-order valence-electron chi connectivity index (χ4n) is 4.97. The van der Waals surface area contributed by atoms with E-state index in [4.69, 9.17) is 9.47 Å². The first-order chi connectivity index (χ1) is 18.6. The third-order valence-electron chi connectivity index (χ3n) is 7.53. The van der Waals surface area contributed by atoms with Gasteiger partial charge in [0.15, 0.2) is 0 Å². The lowest BCUT2D eigenvalue weighted by Crippen LogP contribution is -2.28. The van der Waals surface area contributed by atoms with Gasteiger partial charge in [-0.2, -0.15) is 0 Å². The molecule has 0 saturated carbocycles. The molecule has 38 heavy (non-hydrogen) atoms. The van der Waals surface area contributed by atoms with E-state index in [-0.39, 0.29) is 5.41 Å². The molecule has 0 fully saturated rings. The molecule has 0 atom stereocenters. The molecule has 0 aliphatic rings. The van der Waals surface area contributed by atoms with Crippen LogP contribution in [-0.2, 0) is 18.6 Å². The Morgan fingerprint density at radius 1 is 0.579 bits per heavy atom. The third kappa shape index (κ3) is 7.49. The van der Waals surface area contributed by atoms with Crippen molar-refractivity contribution in [1.82, 2.24) is 4.90 Å². The Morgan fingerprint density at radius 2 is 1.00 bits per heavy atom. The number of hydrogen-bond acceptors (Lipinski definition) is 3. The third-order valence-corrected chi connectivity index (χ3v) is 7.53. The highest BCUT2D eigenvalue weighted by molar-refractivity contribution is 5.42. The van der Waals surface area contributed by atoms with Crippen LogP contribution in [0.5, 0.6) is 11.5 Å². The summed E-state index contributed by atoms with van der Waals surface area (Å²) in [5, 5.41) is 0. The van der Waals surface area contributed by atoms with Crippen LogP contribution < -0.4 is 9.47 Å². The van der Waals surface area contributed by atoms with Crippen molar-refractivity contribution >= 4 is 0 Å². The van der Waals surface area contributed by atoms with Crippen LogP contribution in [0.15, 0.2) is 109 Å². The molecule has 3 heteroatoms. The summed E-state index contributed by atoms with van der Waals surface area (Å²) in [4.78, 5) is 2.50. The Bertz CT molecular complexity index is 1110. The van der Waals surface area contributed by atoms with Gasteiger partial charge in [0.1, 0.15) is 24.7 Å². The van der Waals surface area contributed by atoms with Crippen LogP contribution in [0.3, 0.4) is 0 Å². The molecule has 0 saturated heterocycles. The van der Waals surface area contributed by atoms with Crippen LogP contribution in [0.2, 0.25) is 0 Å². The topological polar surface area (TPSA) is 21.7 Å². The molecule has 0 aliphatic carbocycles. The van der Waals surface area contributed by atoms with Crippen molar-refractivity contribution in [1.29, 1.82) is 0 Å². The van der Waals surface area contributed by atoms with Crippen molar-refractivity contribution in [3.8, 4) is 11.5 Å². The molecule has 0 unspecified atom stereocenters. The number of ether oxygens (including phenoxy) is 2. The fourth-order valence-corrected chi connectivity index (χ4v) is 4.97. The minimum Gasteiger partial charge on any atom is -0.489 e. The number of hydrogen-bond donors (Lipinski definition) is 0. The lowest BCUT2D eigenvalue weighted by Gasteiger charge is -2.32. The summed E-state index contributed by atoms with van der Waals surface area (Å²) in [7, 11) is 0. The Morgan fingerprint density at radius 3 is 1.39 bits per heavy atom. The van der Waals surface area contributed by atoms with Crippen LogP contribution in [0.25, 0.3) is 0 Å². The molecule has 4 aromatic carbocycles. The van der Waals surface area contributed by atoms with Gasteiger partial charge in [0.25, 0.3) is 0 Å². The van der Waals surface area contributed by atoms with Crippen molar-refractivity contribution in [3.05, 3.63) is 131 Å². The van der Waals surface area contributed by atoms with Crippen molar-refractivity contribution in [2.75, 3.05) is 19.6 Å². The molecular weight excluding hydrogens is 466 g/mol. The van der Waals surface area contributed by atoms with E-state index in [0.717, 1.165) is 44.0 Å². The summed E-state index contributed by atoms with van der Waals surface area (Å²) in [5.74, 6) is 1.79. The van der Waals surface area contributed by atoms with Gasteiger partial charge in [0.2, 0.25) is 0 Å². The largest absolute Gasteiger partial charge is 0.489 e. The Balaban J connectivity index is 1.49. The first-order valence-electron chi connectivity index (χ1n) is 13.9. The molecule has 198 valence electrons. The average Bonchev–Trinajstić information content (AvgIpc) is 2.99. The van der Waals surface area contributed by atoms with E-state index in [9.17, 15) is 0 Å². The van der Waals surface area contributed by atoms with E-state index in [1.165, 1.54) is 22.3 Å². The Kier molecular flexibility index (Phi) is 10.0. The van der Waals surface area contributed by atoms with Crippen LogP contribution in [0, 0.1) is 0 Å². The average molecular weight is 508 g/mol. The Hall–Kier alpha value is -3.56. The van der Waals surface area contributed by atoms with Crippen molar-refractivity contribution < 1.29 is 9.47 Å². The van der Waals surface area contributed by atoms with Crippen molar-refractivity contribution in [2.45, 2.75) is 52.2 Å². The van der Waals surface area contributed by atoms with Gasteiger partial charge in [0.05, 0.1) is 0 Å². The molecule has 0 spiro atoms. The quantitative estimate of drug-likeness (QED) is 0.171. The smallest absolute Gasteiger partial charge is 0.119 e.